The quantitative estimate of drug-likeness (QED) is 0.637. The van der Waals surface area contributed by atoms with E-state index in [1.165, 1.54) is 31.2 Å². The van der Waals surface area contributed by atoms with Crippen molar-refractivity contribution in [1.82, 2.24) is 4.90 Å². The Hall–Kier alpha value is -1.06. The smallest absolute Gasteiger partial charge is 0.222 e. The third-order valence-electron chi connectivity index (χ3n) is 4.91. The molecule has 2 rings (SSSR count). The number of hydrogen-bond acceptors (Lipinski definition) is 2. The van der Waals surface area contributed by atoms with E-state index in [4.69, 9.17) is 5.73 Å². The summed E-state index contributed by atoms with van der Waals surface area (Å²) in [5.74, 6) is 0.362. The third-order valence-corrected chi connectivity index (χ3v) is 4.91. The lowest BCUT2D eigenvalue weighted by molar-refractivity contribution is -0.133. The summed E-state index contributed by atoms with van der Waals surface area (Å²) in [5.41, 5.74) is 6.85. The monoisotopic (exact) mass is 352 g/mol. The Morgan fingerprint density at radius 3 is 2.38 bits per heavy atom. The lowest BCUT2D eigenvalue weighted by atomic mass is 10.1. The van der Waals surface area contributed by atoms with E-state index in [1.54, 1.807) is 0 Å². The molecule has 0 aromatic heterocycles. The maximum atomic E-state index is 12.7. The predicted molar refractivity (Wildman–Crippen MR) is 104 cm³/mol. The van der Waals surface area contributed by atoms with E-state index in [1.807, 2.05) is 6.07 Å². The van der Waals surface area contributed by atoms with Gasteiger partial charge in [-0.15, -0.1) is 12.4 Å². The van der Waals surface area contributed by atoms with Gasteiger partial charge in [0, 0.05) is 19.0 Å². The van der Waals surface area contributed by atoms with Gasteiger partial charge in [0.2, 0.25) is 5.91 Å². The van der Waals surface area contributed by atoms with Crippen LogP contribution >= 0.6 is 12.4 Å². The molecule has 0 bridgehead atoms. The number of carbonyl (C=O) groups excluding carboxylic acids is 1. The molecule has 0 radical (unpaired) electrons. The van der Waals surface area contributed by atoms with Gasteiger partial charge in [0.05, 0.1) is 0 Å². The molecule has 1 fully saturated rings. The Bertz CT molecular complexity index is 446. The molecule has 136 valence electrons. The van der Waals surface area contributed by atoms with Crippen molar-refractivity contribution in [2.75, 3.05) is 13.1 Å². The lowest BCUT2D eigenvalue weighted by Gasteiger charge is -2.29. The average molecular weight is 353 g/mol. The molecule has 1 aliphatic carbocycles. The van der Waals surface area contributed by atoms with Crippen molar-refractivity contribution in [2.45, 2.75) is 70.3 Å². The fraction of sp³-hybridized carbons (Fsp3) is 0.650. The maximum absolute atomic E-state index is 12.7. The van der Waals surface area contributed by atoms with Crippen molar-refractivity contribution >= 4 is 18.3 Å². The highest BCUT2D eigenvalue weighted by Gasteiger charge is 2.25. The first-order valence-electron chi connectivity index (χ1n) is 9.34. The Morgan fingerprint density at radius 2 is 1.71 bits per heavy atom. The minimum Gasteiger partial charge on any atom is -0.339 e. The average Bonchev–Trinajstić information content (AvgIpc) is 3.10. The summed E-state index contributed by atoms with van der Waals surface area (Å²) in [6.45, 7) is 1.63. The van der Waals surface area contributed by atoms with Crippen molar-refractivity contribution in [2.24, 2.45) is 5.73 Å². The van der Waals surface area contributed by atoms with Crippen LogP contribution in [0.5, 0.6) is 0 Å². The number of benzene rings is 1. The van der Waals surface area contributed by atoms with Crippen LogP contribution in [0.15, 0.2) is 30.3 Å². The van der Waals surface area contributed by atoms with Crippen molar-refractivity contribution in [3.05, 3.63) is 35.9 Å². The van der Waals surface area contributed by atoms with Crippen LogP contribution in [-0.2, 0) is 11.2 Å². The first-order chi connectivity index (χ1) is 11.3. The normalized spacial score (nSPS) is 14.4. The summed E-state index contributed by atoms with van der Waals surface area (Å²) >= 11 is 0. The molecule has 1 aromatic rings. The molecular weight excluding hydrogens is 320 g/mol. The zero-order valence-corrected chi connectivity index (χ0v) is 15.6. The van der Waals surface area contributed by atoms with E-state index >= 15 is 0 Å². The number of carbonyl (C=O) groups is 1. The molecule has 0 saturated heterocycles. The Balaban J connectivity index is 0.00000288. The molecule has 0 spiro atoms. The van der Waals surface area contributed by atoms with Crippen LogP contribution in [0.25, 0.3) is 0 Å². The molecule has 0 heterocycles. The van der Waals surface area contributed by atoms with Gasteiger partial charge in [-0.2, -0.15) is 0 Å². The van der Waals surface area contributed by atoms with Gasteiger partial charge in [-0.05, 0) is 44.2 Å². The van der Waals surface area contributed by atoms with Crippen LogP contribution < -0.4 is 5.73 Å². The molecular formula is C20H33ClN2O. The van der Waals surface area contributed by atoms with Gasteiger partial charge in [0.15, 0.2) is 0 Å². The highest BCUT2D eigenvalue weighted by molar-refractivity contribution is 5.85. The zero-order valence-electron chi connectivity index (χ0n) is 14.8. The van der Waals surface area contributed by atoms with E-state index < -0.39 is 0 Å². The topological polar surface area (TPSA) is 46.3 Å². The SMILES string of the molecule is Cl.NCCCCCCC(=O)N(CCc1ccccc1)C1CCCC1. The molecule has 0 unspecified atom stereocenters. The van der Waals surface area contributed by atoms with Crippen molar-refractivity contribution < 1.29 is 4.79 Å². The van der Waals surface area contributed by atoms with Gasteiger partial charge >= 0.3 is 0 Å². The largest absolute Gasteiger partial charge is 0.339 e. The standard InChI is InChI=1S/C20H32N2O.ClH/c21-16-9-2-1-6-14-20(23)22(19-12-7-8-13-19)17-15-18-10-4-3-5-11-18;/h3-5,10-11,19H,1-2,6-9,12-17,21H2;1H. The molecule has 3 nitrogen and oxygen atoms in total. The fourth-order valence-electron chi connectivity index (χ4n) is 3.54. The van der Waals surface area contributed by atoms with E-state index in [2.05, 4.69) is 29.2 Å². The fourth-order valence-corrected chi connectivity index (χ4v) is 3.54. The van der Waals surface area contributed by atoms with E-state index in [0.717, 1.165) is 45.2 Å². The predicted octanol–water partition coefficient (Wildman–Crippen LogP) is 4.33. The summed E-state index contributed by atoms with van der Waals surface area (Å²) in [7, 11) is 0. The van der Waals surface area contributed by atoms with Crippen LogP contribution in [-0.4, -0.2) is 29.9 Å². The summed E-state index contributed by atoms with van der Waals surface area (Å²) in [4.78, 5) is 14.9. The second-order valence-electron chi connectivity index (χ2n) is 6.71. The van der Waals surface area contributed by atoms with Gasteiger partial charge in [0.25, 0.3) is 0 Å². The zero-order chi connectivity index (χ0) is 16.3. The molecule has 24 heavy (non-hydrogen) atoms. The second-order valence-corrected chi connectivity index (χ2v) is 6.71. The minimum absolute atomic E-state index is 0. The van der Waals surface area contributed by atoms with Crippen molar-refractivity contribution in [3.63, 3.8) is 0 Å². The third kappa shape index (κ3) is 7.23. The van der Waals surface area contributed by atoms with Gasteiger partial charge in [-0.1, -0.05) is 56.0 Å². The van der Waals surface area contributed by atoms with E-state index in [-0.39, 0.29) is 12.4 Å². The lowest BCUT2D eigenvalue weighted by Crippen LogP contribution is -2.40. The maximum Gasteiger partial charge on any atom is 0.222 e. The number of rotatable bonds is 10. The van der Waals surface area contributed by atoms with Crippen molar-refractivity contribution in [1.29, 1.82) is 0 Å². The van der Waals surface area contributed by atoms with E-state index in [9.17, 15) is 4.79 Å². The van der Waals surface area contributed by atoms with Gasteiger partial charge in [-0.3, -0.25) is 4.79 Å². The van der Waals surface area contributed by atoms with Crippen LogP contribution in [0.3, 0.4) is 0 Å². The molecule has 2 N–H and O–H groups in total. The number of unbranched alkanes of at least 4 members (excludes halogenated alkanes) is 3. The summed E-state index contributed by atoms with van der Waals surface area (Å²) < 4.78 is 0. The molecule has 1 aliphatic rings. The highest BCUT2D eigenvalue weighted by atomic mass is 35.5. The minimum atomic E-state index is 0. The molecule has 1 saturated carbocycles. The first kappa shape index (κ1) is 21.0. The molecule has 0 atom stereocenters. The van der Waals surface area contributed by atoms with Crippen LogP contribution in [0, 0.1) is 0 Å². The Morgan fingerprint density at radius 1 is 1.04 bits per heavy atom. The van der Waals surface area contributed by atoms with Crippen LogP contribution in [0.2, 0.25) is 0 Å². The first-order valence-corrected chi connectivity index (χ1v) is 9.34. The number of amides is 1. The molecule has 0 aliphatic heterocycles. The number of nitrogens with two attached hydrogens (primary N) is 1. The summed E-state index contributed by atoms with van der Waals surface area (Å²) in [6, 6.07) is 11.0. The number of halogens is 1. The number of nitrogens with zero attached hydrogens (tertiary/aromatic N) is 1. The summed E-state index contributed by atoms with van der Waals surface area (Å²) in [6.07, 6.45) is 11.0. The molecule has 1 aromatic carbocycles. The Labute approximate surface area is 153 Å². The van der Waals surface area contributed by atoms with Crippen molar-refractivity contribution in [3.8, 4) is 0 Å². The van der Waals surface area contributed by atoms with Gasteiger partial charge < -0.3 is 10.6 Å². The highest BCUT2D eigenvalue weighted by Crippen LogP contribution is 2.25. The summed E-state index contributed by atoms with van der Waals surface area (Å²) in [5, 5.41) is 0. The molecule has 1 amide bonds. The molecule has 4 heteroatoms. The van der Waals surface area contributed by atoms with Gasteiger partial charge in [0.1, 0.15) is 0 Å². The van der Waals surface area contributed by atoms with Crippen LogP contribution in [0.4, 0.5) is 0 Å². The van der Waals surface area contributed by atoms with Crippen LogP contribution in [0.1, 0.15) is 63.4 Å². The Kier molecular flexibility index (Phi) is 10.8. The second kappa shape index (κ2) is 12.3. The number of hydrogen-bond donors (Lipinski definition) is 1. The van der Waals surface area contributed by atoms with E-state index in [0.29, 0.717) is 18.4 Å². The van der Waals surface area contributed by atoms with Gasteiger partial charge in [-0.25, -0.2) is 0 Å².